The number of carbonyl (C=O) groups is 1. The SMILES string of the molecule is Cc1ccc(N2C[C@H](n3ccnc3-c3nc[nH]c3C)CC2=O)cc1. The Morgan fingerprint density at radius 2 is 1.96 bits per heavy atom. The van der Waals surface area contributed by atoms with Crippen LogP contribution in [0, 0.1) is 13.8 Å². The average molecular weight is 321 g/mol. The van der Waals surface area contributed by atoms with E-state index in [1.807, 2.05) is 49.2 Å². The highest BCUT2D eigenvalue weighted by atomic mass is 16.2. The van der Waals surface area contributed by atoms with E-state index < -0.39 is 0 Å². The second-order valence-corrected chi connectivity index (χ2v) is 6.23. The Morgan fingerprint density at radius 3 is 2.67 bits per heavy atom. The van der Waals surface area contributed by atoms with Gasteiger partial charge in [0.15, 0.2) is 5.82 Å². The third-order valence-electron chi connectivity index (χ3n) is 4.55. The van der Waals surface area contributed by atoms with Gasteiger partial charge in [0, 0.05) is 36.7 Å². The van der Waals surface area contributed by atoms with E-state index in [0.717, 1.165) is 22.9 Å². The lowest BCUT2D eigenvalue weighted by Gasteiger charge is -2.18. The van der Waals surface area contributed by atoms with Crippen molar-refractivity contribution in [1.82, 2.24) is 19.5 Å². The Hall–Kier alpha value is -2.89. The maximum atomic E-state index is 12.5. The van der Waals surface area contributed by atoms with Gasteiger partial charge >= 0.3 is 0 Å². The maximum Gasteiger partial charge on any atom is 0.229 e. The highest BCUT2D eigenvalue weighted by Crippen LogP contribution is 2.31. The molecule has 3 heterocycles. The van der Waals surface area contributed by atoms with E-state index in [-0.39, 0.29) is 11.9 Å². The van der Waals surface area contributed by atoms with Gasteiger partial charge in [0.25, 0.3) is 0 Å². The molecule has 1 aliphatic heterocycles. The number of aryl methyl sites for hydroxylation is 2. The summed E-state index contributed by atoms with van der Waals surface area (Å²) in [5, 5.41) is 0. The van der Waals surface area contributed by atoms with Crippen molar-refractivity contribution in [2.24, 2.45) is 0 Å². The Morgan fingerprint density at radius 1 is 1.17 bits per heavy atom. The van der Waals surface area contributed by atoms with Gasteiger partial charge in [0.1, 0.15) is 5.69 Å². The molecule has 0 aliphatic carbocycles. The third kappa shape index (κ3) is 2.40. The van der Waals surface area contributed by atoms with Gasteiger partial charge in [-0.05, 0) is 26.0 Å². The number of H-pyrrole nitrogens is 1. The molecule has 0 spiro atoms. The molecule has 6 nitrogen and oxygen atoms in total. The van der Waals surface area contributed by atoms with Crippen LogP contribution in [0.3, 0.4) is 0 Å². The van der Waals surface area contributed by atoms with Crippen molar-refractivity contribution in [1.29, 1.82) is 0 Å². The Labute approximate surface area is 140 Å². The van der Waals surface area contributed by atoms with Gasteiger partial charge in [-0.2, -0.15) is 0 Å². The van der Waals surface area contributed by atoms with Gasteiger partial charge in [0.05, 0.1) is 12.4 Å². The summed E-state index contributed by atoms with van der Waals surface area (Å²) in [6.07, 6.45) is 5.84. The fraction of sp³-hybridized carbons (Fsp3) is 0.278. The third-order valence-corrected chi connectivity index (χ3v) is 4.55. The van der Waals surface area contributed by atoms with Crippen molar-refractivity contribution >= 4 is 11.6 Å². The summed E-state index contributed by atoms with van der Waals surface area (Å²) in [6.45, 7) is 4.66. The van der Waals surface area contributed by atoms with E-state index in [4.69, 9.17) is 0 Å². The highest BCUT2D eigenvalue weighted by Gasteiger charge is 2.33. The lowest BCUT2D eigenvalue weighted by atomic mass is 10.2. The van der Waals surface area contributed by atoms with Crippen LogP contribution in [0.4, 0.5) is 5.69 Å². The molecule has 6 heteroatoms. The molecule has 0 radical (unpaired) electrons. The van der Waals surface area contributed by atoms with Crippen LogP contribution >= 0.6 is 0 Å². The summed E-state index contributed by atoms with van der Waals surface area (Å²) < 4.78 is 2.06. The van der Waals surface area contributed by atoms with E-state index >= 15 is 0 Å². The topological polar surface area (TPSA) is 66.8 Å². The maximum absolute atomic E-state index is 12.5. The lowest BCUT2D eigenvalue weighted by Crippen LogP contribution is -2.24. The van der Waals surface area contributed by atoms with Crippen molar-refractivity contribution in [3.05, 3.63) is 54.2 Å². The van der Waals surface area contributed by atoms with Gasteiger partial charge in [-0.1, -0.05) is 17.7 Å². The first kappa shape index (κ1) is 14.7. The molecule has 1 aromatic carbocycles. The van der Waals surface area contributed by atoms with Crippen molar-refractivity contribution in [2.45, 2.75) is 26.3 Å². The van der Waals surface area contributed by atoms with E-state index in [1.54, 1.807) is 12.5 Å². The number of benzene rings is 1. The number of hydrogen-bond donors (Lipinski definition) is 1. The van der Waals surface area contributed by atoms with Gasteiger partial charge in [-0.3, -0.25) is 4.79 Å². The minimum atomic E-state index is 0.0624. The quantitative estimate of drug-likeness (QED) is 0.806. The largest absolute Gasteiger partial charge is 0.348 e. The van der Waals surface area contributed by atoms with E-state index in [2.05, 4.69) is 19.5 Å². The Kier molecular flexibility index (Phi) is 3.45. The summed E-state index contributed by atoms with van der Waals surface area (Å²) in [5.41, 5.74) is 3.95. The molecule has 24 heavy (non-hydrogen) atoms. The highest BCUT2D eigenvalue weighted by molar-refractivity contribution is 5.96. The van der Waals surface area contributed by atoms with E-state index in [1.165, 1.54) is 5.56 Å². The summed E-state index contributed by atoms with van der Waals surface area (Å²) >= 11 is 0. The van der Waals surface area contributed by atoms with Crippen LogP contribution in [0.5, 0.6) is 0 Å². The minimum Gasteiger partial charge on any atom is -0.348 e. The molecule has 0 unspecified atom stereocenters. The number of rotatable bonds is 3. The standard InChI is InChI=1S/C18H19N5O/c1-12-3-5-14(6-4-12)23-10-15(9-16(23)24)22-8-7-19-18(22)17-13(2)20-11-21-17/h3-8,11,15H,9-10H2,1-2H3,(H,20,21)/t15-/m1/s1. The number of nitrogens with one attached hydrogen (secondary N) is 1. The molecule has 0 bridgehead atoms. The van der Waals surface area contributed by atoms with Crippen LogP contribution in [0.2, 0.25) is 0 Å². The van der Waals surface area contributed by atoms with Crippen LogP contribution < -0.4 is 4.90 Å². The van der Waals surface area contributed by atoms with Gasteiger partial charge in [-0.25, -0.2) is 9.97 Å². The van der Waals surface area contributed by atoms with Crippen LogP contribution in [-0.4, -0.2) is 32.0 Å². The Balaban J connectivity index is 1.63. The number of anilines is 1. The van der Waals surface area contributed by atoms with Crippen LogP contribution in [0.1, 0.15) is 23.7 Å². The zero-order valence-electron chi connectivity index (χ0n) is 13.7. The predicted molar refractivity (Wildman–Crippen MR) is 91.7 cm³/mol. The monoisotopic (exact) mass is 321 g/mol. The molecule has 1 fully saturated rings. The van der Waals surface area contributed by atoms with Gasteiger partial charge in [-0.15, -0.1) is 0 Å². The van der Waals surface area contributed by atoms with E-state index in [9.17, 15) is 4.79 Å². The molecule has 1 aliphatic rings. The molecule has 0 saturated carbocycles. The molecule has 2 aromatic heterocycles. The summed E-state index contributed by atoms with van der Waals surface area (Å²) in [4.78, 5) is 26.2. The van der Waals surface area contributed by atoms with Crippen molar-refractivity contribution in [3.8, 4) is 11.5 Å². The van der Waals surface area contributed by atoms with Crippen LogP contribution in [-0.2, 0) is 4.79 Å². The molecule has 1 saturated heterocycles. The molecule has 122 valence electrons. The number of carbonyl (C=O) groups excluding carboxylic acids is 1. The number of imidazole rings is 2. The normalized spacial score (nSPS) is 17.7. The first-order chi connectivity index (χ1) is 11.6. The zero-order chi connectivity index (χ0) is 16.7. The molecular weight excluding hydrogens is 302 g/mol. The minimum absolute atomic E-state index is 0.0624. The summed E-state index contributed by atoms with van der Waals surface area (Å²) in [7, 11) is 0. The second kappa shape index (κ2) is 5.63. The summed E-state index contributed by atoms with van der Waals surface area (Å²) in [5.74, 6) is 0.944. The average Bonchev–Trinajstić information content (AvgIpc) is 3.27. The van der Waals surface area contributed by atoms with Crippen molar-refractivity contribution in [2.75, 3.05) is 11.4 Å². The van der Waals surface area contributed by atoms with Crippen molar-refractivity contribution in [3.63, 3.8) is 0 Å². The molecular formula is C18H19N5O. The number of nitrogens with zero attached hydrogens (tertiary/aromatic N) is 4. The molecule has 4 rings (SSSR count). The molecule has 1 N–H and O–H groups in total. The number of amides is 1. The first-order valence-corrected chi connectivity index (χ1v) is 8.03. The molecule has 1 atom stereocenters. The predicted octanol–water partition coefficient (Wildman–Crippen LogP) is 2.87. The first-order valence-electron chi connectivity index (χ1n) is 8.03. The van der Waals surface area contributed by atoms with E-state index in [0.29, 0.717) is 13.0 Å². The number of aromatic amines is 1. The Bertz CT molecular complexity index is 877. The number of hydrogen-bond acceptors (Lipinski definition) is 3. The van der Waals surface area contributed by atoms with Crippen LogP contribution in [0.15, 0.2) is 43.0 Å². The second-order valence-electron chi connectivity index (χ2n) is 6.23. The lowest BCUT2D eigenvalue weighted by molar-refractivity contribution is -0.117. The zero-order valence-corrected chi connectivity index (χ0v) is 13.7. The number of aromatic nitrogens is 4. The molecule has 1 amide bonds. The molecule has 3 aromatic rings. The van der Waals surface area contributed by atoms with Crippen LogP contribution in [0.25, 0.3) is 11.5 Å². The van der Waals surface area contributed by atoms with Gasteiger partial charge < -0.3 is 14.5 Å². The van der Waals surface area contributed by atoms with Gasteiger partial charge in [0.2, 0.25) is 5.91 Å². The smallest absolute Gasteiger partial charge is 0.229 e. The summed E-state index contributed by atoms with van der Waals surface area (Å²) in [6, 6.07) is 8.13. The fourth-order valence-electron chi connectivity index (χ4n) is 3.22. The van der Waals surface area contributed by atoms with Crippen molar-refractivity contribution < 1.29 is 4.79 Å². The fourth-order valence-corrected chi connectivity index (χ4v) is 3.22.